The summed E-state index contributed by atoms with van der Waals surface area (Å²) < 4.78 is 7.05. The van der Waals surface area contributed by atoms with Crippen LogP contribution in [-0.2, 0) is 6.54 Å². The molecule has 0 saturated carbocycles. The van der Waals surface area contributed by atoms with E-state index in [2.05, 4.69) is 12.2 Å². The molecule has 0 aliphatic heterocycles. The van der Waals surface area contributed by atoms with E-state index >= 15 is 0 Å². The van der Waals surface area contributed by atoms with Gasteiger partial charge in [-0.15, -0.1) is 0 Å². The van der Waals surface area contributed by atoms with Gasteiger partial charge in [-0.25, -0.2) is 0 Å². The Labute approximate surface area is 118 Å². The van der Waals surface area contributed by atoms with Gasteiger partial charge in [-0.2, -0.15) is 0 Å². The molecule has 0 saturated heterocycles. The quantitative estimate of drug-likeness (QED) is 0.823. The van der Waals surface area contributed by atoms with Crippen molar-refractivity contribution in [3.05, 3.63) is 42.2 Å². The molecule has 0 unspecified atom stereocenters. The van der Waals surface area contributed by atoms with Crippen molar-refractivity contribution in [3.8, 4) is 5.75 Å². The van der Waals surface area contributed by atoms with Gasteiger partial charge in [-0.05, 0) is 30.7 Å². The maximum atomic E-state index is 12.3. The number of nitrogens with zero attached hydrogens (tertiary/aromatic N) is 1. The summed E-state index contributed by atoms with van der Waals surface area (Å²) in [5, 5.41) is 2.82. The second-order valence-corrected chi connectivity index (χ2v) is 4.49. The number of anilines is 2. The van der Waals surface area contributed by atoms with Gasteiger partial charge in [0.15, 0.2) is 0 Å². The Bertz CT molecular complexity index is 605. The average molecular weight is 273 g/mol. The van der Waals surface area contributed by atoms with Crippen molar-refractivity contribution >= 4 is 17.3 Å². The van der Waals surface area contributed by atoms with Gasteiger partial charge in [-0.3, -0.25) is 4.79 Å². The second-order valence-electron chi connectivity index (χ2n) is 4.49. The third-order valence-corrected chi connectivity index (χ3v) is 3.04. The van der Waals surface area contributed by atoms with Gasteiger partial charge in [0.1, 0.15) is 11.4 Å². The number of hydrogen-bond acceptors (Lipinski definition) is 3. The third-order valence-electron chi connectivity index (χ3n) is 3.04. The summed E-state index contributed by atoms with van der Waals surface area (Å²) in [7, 11) is 1.57. The molecule has 2 aromatic rings. The fourth-order valence-electron chi connectivity index (χ4n) is 2.01. The second kappa shape index (κ2) is 6.14. The number of aryl methyl sites for hydroxylation is 1. The lowest BCUT2D eigenvalue weighted by atomic mass is 10.2. The van der Waals surface area contributed by atoms with E-state index in [1.165, 1.54) is 0 Å². The highest BCUT2D eigenvalue weighted by molar-refractivity contribution is 6.04. The Morgan fingerprint density at radius 1 is 1.40 bits per heavy atom. The molecule has 0 fully saturated rings. The molecule has 0 aliphatic rings. The van der Waals surface area contributed by atoms with Crippen LogP contribution in [0.15, 0.2) is 36.5 Å². The summed E-state index contributed by atoms with van der Waals surface area (Å²) in [4.78, 5) is 12.3. The topological polar surface area (TPSA) is 69.3 Å². The van der Waals surface area contributed by atoms with Gasteiger partial charge < -0.3 is 20.4 Å². The first kappa shape index (κ1) is 14.0. The average Bonchev–Trinajstić information content (AvgIpc) is 2.90. The van der Waals surface area contributed by atoms with E-state index in [-0.39, 0.29) is 5.91 Å². The van der Waals surface area contributed by atoms with Crippen LogP contribution >= 0.6 is 0 Å². The molecule has 1 amide bonds. The molecule has 2 rings (SSSR count). The number of rotatable bonds is 5. The van der Waals surface area contributed by atoms with Gasteiger partial charge in [0.2, 0.25) is 0 Å². The molecule has 0 radical (unpaired) electrons. The van der Waals surface area contributed by atoms with Crippen LogP contribution in [0.3, 0.4) is 0 Å². The molecule has 20 heavy (non-hydrogen) atoms. The number of hydrogen-bond donors (Lipinski definition) is 2. The van der Waals surface area contributed by atoms with Crippen LogP contribution in [0, 0.1) is 0 Å². The van der Waals surface area contributed by atoms with Crippen LogP contribution in [0.4, 0.5) is 11.4 Å². The third kappa shape index (κ3) is 2.93. The summed E-state index contributed by atoms with van der Waals surface area (Å²) in [5.41, 5.74) is 7.55. The summed E-state index contributed by atoms with van der Waals surface area (Å²) in [6.45, 7) is 2.88. The molecule has 3 N–H and O–H groups in total. The van der Waals surface area contributed by atoms with Crippen molar-refractivity contribution in [2.24, 2.45) is 0 Å². The fourth-order valence-corrected chi connectivity index (χ4v) is 2.01. The van der Waals surface area contributed by atoms with Crippen molar-refractivity contribution in [2.75, 3.05) is 18.2 Å². The van der Waals surface area contributed by atoms with Crippen molar-refractivity contribution in [3.63, 3.8) is 0 Å². The molecule has 1 aromatic heterocycles. The number of nitrogens with two attached hydrogens (primary N) is 1. The minimum atomic E-state index is -0.177. The van der Waals surface area contributed by atoms with E-state index < -0.39 is 0 Å². The Morgan fingerprint density at radius 3 is 2.90 bits per heavy atom. The van der Waals surface area contributed by atoms with Crippen molar-refractivity contribution in [1.29, 1.82) is 0 Å². The first-order valence-electron chi connectivity index (χ1n) is 6.55. The van der Waals surface area contributed by atoms with Gasteiger partial charge in [0.25, 0.3) is 5.91 Å². The number of nitrogens with one attached hydrogen (secondary N) is 1. The smallest absolute Gasteiger partial charge is 0.272 e. The number of methoxy groups -OCH3 is 1. The molecule has 5 heteroatoms. The van der Waals surface area contributed by atoms with E-state index in [1.54, 1.807) is 31.4 Å². The van der Waals surface area contributed by atoms with Crippen molar-refractivity contribution < 1.29 is 9.53 Å². The lowest BCUT2D eigenvalue weighted by molar-refractivity contribution is 0.101. The van der Waals surface area contributed by atoms with Gasteiger partial charge in [0.05, 0.1) is 18.5 Å². The lowest BCUT2D eigenvalue weighted by Crippen LogP contribution is -2.17. The molecular weight excluding hydrogens is 254 g/mol. The fraction of sp³-hybridized carbons (Fsp3) is 0.267. The molecule has 0 bridgehead atoms. The van der Waals surface area contributed by atoms with Crippen molar-refractivity contribution in [1.82, 2.24) is 4.57 Å². The molecule has 0 atom stereocenters. The number of aromatic nitrogens is 1. The van der Waals surface area contributed by atoms with Crippen LogP contribution < -0.4 is 15.8 Å². The minimum absolute atomic E-state index is 0.177. The van der Waals surface area contributed by atoms with E-state index in [4.69, 9.17) is 10.5 Å². The number of benzene rings is 1. The number of nitrogen functional groups attached to an aromatic ring is 1. The highest BCUT2D eigenvalue weighted by Gasteiger charge is 2.12. The van der Waals surface area contributed by atoms with Crippen molar-refractivity contribution in [2.45, 2.75) is 19.9 Å². The van der Waals surface area contributed by atoms with Gasteiger partial charge in [0, 0.05) is 18.8 Å². The molecule has 1 aromatic carbocycles. The molecule has 106 valence electrons. The molecular formula is C15H19N3O2. The number of ether oxygens (including phenoxy) is 1. The highest BCUT2D eigenvalue weighted by atomic mass is 16.5. The zero-order valence-corrected chi connectivity index (χ0v) is 11.7. The normalized spacial score (nSPS) is 10.3. The Kier molecular flexibility index (Phi) is 4.30. The molecule has 0 spiro atoms. The van der Waals surface area contributed by atoms with Crippen LogP contribution in [0.2, 0.25) is 0 Å². The lowest BCUT2D eigenvalue weighted by Gasteiger charge is -2.11. The van der Waals surface area contributed by atoms with E-state index in [0.29, 0.717) is 22.8 Å². The predicted octanol–water partition coefficient (Wildman–Crippen LogP) is 2.74. The van der Waals surface area contributed by atoms with Crippen LogP contribution in [0.5, 0.6) is 5.75 Å². The molecule has 1 heterocycles. The van der Waals surface area contributed by atoms with E-state index in [1.807, 2.05) is 16.8 Å². The number of carbonyl (C=O) groups excluding carboxylic acids is 1. The number of amides is 1. The summed E-state index contributed by atoms with van der Waals surface area (Å²) in [6.07, 6.45) is 2.86. The highest BCUT2D eigenvalue weighted by Crippen LogP contribution is 2.24. The monoisotopic (exact) mass is 273 g/mol. The largest absolute Gasteiger partial charge is 0.497 e. The predicted molar refractivity (Wildman–Crippen MR) is 80.1 cm³/mol. The van der Waals surface area contributed by atoms with Gasteiger partial charge in [-0.1, -0.05) is 6.92 Å². The van der Waals surface area contributed by atoms with Gasteiger partial charge >= 0.3 is 0 Å². The zero-order valence-electron chi connectivity index (χ0n) is 11.7. The Morgan fingerprint density at radius 2 is 2.20 bits per heavy atom. The first-order chi connectivity index (χ1) is 9.65. The van der Waals surface area contributed by atoms with Crippen LogP contribution in [-0.4, -0.2) is 17.6 Å². The zero-order chi connectivity index (χ0) is 14.5. The molecule has 0 aliphatic carbocycles. The molecule has 5 nitrogen and oxygen atoms in total. The Balaban J connectivity index is 2.21. The SMILES string of the molecule is CCCn1cccc1C(=O)Nc1cc(OC)ccc1N. The maximum absolute atomic E-state index is 12.3. The maximum Gasteiger partial charge on any atom is 0.272 e. The van der Waals surface area contributed by atoms with E-state index in [9.17, 15) is 4.79 Å². The van der Waals surface area contributed by atoms with Crippen LogP contribution in [0.25, 0.3) is 0 Å². The summed E-state index contributed by atoms with van der Waals surface area (Å²) in [5.74, 6) is 0.474. The summed E-state index contributed by atoms with van der Waals surface area (Å²) in [6, 6.07) is 8.82. The van der Waals surface area contributed by atoms with E-state index in [0.717, 1.165) is 13.0 Å². The Hall–Kier alpha value is -2.43. The van der Waals surface area contributed by atoms with Crippen LogP contribution in [0.1, 0.15) is 23.8 Å². The first-order valence-corrected chi connectivity index (χ1v) is 6.55. The minimum Gasteiger partial charge on any atom is -0.497 e. The standard InChI is InChI=1S/C15H19N3O2/c1-3-8-18-9-4-5-14(18)15(19)17-13-10-11(20-2)6-7-12(13)16/h4-7,9-10H,3,8,16H2,1-2H3,(H,17,19). The summed E-state index contributed by atoms with van der Waals surface area (Å²) >= 11 is 0. The number of carbonyl (C=O) groups is 1.